The molecule has 0 aromatic heterocycles. The van der Waals surface area contributed by atoms with Gasteiger partial charge in [-0.25, -0.2) is 4.39 Å². The first-order valence-corrected chi connectivity index (χ1v) is 8.53. The zero-order chi connectivity index (χ0) is 18.8. The number of halogens is 1. The van der Waals surface area contributed by atoms with E-state index in [0.29, 0.717) is 19.6 Å². The summed E-state index contributed by atoms with van der Waals surface area (Å²) in [6.45, 7) is 2.80. The summed E-state index contributed by atoms with van der Waals surface area (Å²) in [7, 11) is 0. The second kappa shape index (κ2) is 10.3. The van der Waals surface area contributed by atoms with E-state index in [1.54, 1.807) is 0 Å². The van der Waals surface area contributed by atoms with Crippen molar-refractivity contribution in [3.63, 3.8) is 0 Å². The number of amides is 2. The van der Waals surface area contributed by atoms with E-state index in [0.717, 1.165) is 11.6 Å². The fourth-order valence-electron chi connectivity index (χ4n) is 2.34. The number of hydrogen-bond acceptors (Lipinski definition) is 3. The molecule has 0 saturated carbocycles. The van der Waals surface area contributed by atoms with Crippen molar-refractivity contribution in [2.75, 3.05) is 19.7 Å². The molecular formula is C20H23FN2O3. The molecule has 1 atom stereocenters. The van der Waals surface area contributed by atoms with Crippen LogP contribution in [-0.2, 0) is 9.53 Å². The molecule has 5 nitrogen and oxygen atoms in total. The lowest BCUT2D eigenvalue weighted by molar-refractivity contribution is -0.120. The molecular weight excluding hydrogens is 335 g/mol. The first-order valence-electron chi connectivity index (χ1n) is 8.53. The van der Waals surface area contributed by atoms with Crippen molar-refractivity contribution in [2.45, 2.75) is 19.4 Å². The summed E-state index contributed by atoms with van der Waals surface area (Å²) in [5.74, 6) is -1.28. The Bertz CT molecular complexity index is 722. The van der Waals surface area contributed by atoms with Gasteiger partial charge in [0.05, 0.1) is 12.6 Å². The lowest BCUT2D eigenvalue weighted by Gasteiger charge is -2.13. The molecule has 2 aromatic rings. The van der Waals surface area contributed by atoms with E-state index in [4.69, 9.17) is 4.74 Å². The third-order valence-electron chi connectivity index (χ3n) is 3.78. The van der Waals surface area contributed by atoms with Crippen LogP contribution in [0.2, 0.25) is 0 Å². The lowest BCUT2D eigenvalue weighted by Crippen LogP contribution is -2.37. The van der Waals surface area contributed by atoms with E-state index in [9.17, 15) is 14.0 Å². The molecule has 0 heterocycles. The highest BCUT2D eigenvalue weighted by Crippen LogP contribution is 2.15. The molecule has 138 valence electrons. The van der Waals surface area contributed by atoms with E-state index < -0.39 is 11.7 Å². The summed E-state index contributed by atoms with van der Waals surface area (Å²) in [5, 5.41) is 5.16. The third kappa shape index (κ3) is 6.64. The molecule has 0 spiro atoms. The SMILES string of the molecule is CC(OCCCNC(=O)CNC(=O)c1cccc(F)c1)c1ccccc1. The number of carbonyl (C=O) groups is 2. The zero-order valence-electron chi connectivity index (χ0n) is 14.7. The van der Waals surface area contributed by atoms with Gasteiger partial charge in [-0.1, -0.05) is 36.4 Å². The van der Waals surface area contributed by atoms with Crippen molar-refractivity contribution < 1.29 is 18.7 Å². The molecule has 6 heteroatoms. The van der Waals surface area contributed by atoms with Gasteiger partial charge in [0.25, 0.3) is 5.91 Å². The molecule has 2 amide bonds. The zero-order valence-corrected chi connectivity index (χ0v) is 14.7. The van der Waals surface area contributed by atoms with E-state index in [2.05, 4.69) is 10.6 Å². The number of carbonyl (C=O) groups excluding carboxylic acids is 2. The fourth-order valence-corrected chi connectivity index (χ4v) is 2.34. The van der Waals surface area contributed by atoms with E-state index >= 15 is 0 Å². The topological polar surface area (TPSA) is 67.4 Å². The predicted octanol–water partition coefficient (Wildman–Crippen LogP) is 2.84. The van der Waals surface area contributed by atoms with Crippen molar-refractivity contribution >= 4 is 11.8 Å². The van der Waals surface area contributed by atoms with Gasteiger partial charge in [0, 0.05) is 18.7 Å². The summed E-state index contributed by atoms with van der Waals surface area (Å²) in [4.78, 5) is 23.5. The van der Waals surface area contributed by atoms with Crippen molar-refractivity contribution in [3.05, 3.63) is 71.5 Å². The standard InChI is InChI=1S/C20H23FN2O3/c1-15(16-7-3-2-4-8-16)26-12-6-11-22-19(24)14-23-20(25)17-9-5-10-18(21)13-17/h2-5,7-10,13,15H,6,11-12,14H2,1H3,(H,22,24)(H,23,25). The molecule has 0 fully saturated rings. The monoisotopic (exact) mass is 358 g/mol. The Morgan fingerprint density at radius 2 is 1.85 bits per heavy atom. The Morgan fingerprint density at radius 1 is 1.08 bits per heavy atom. The predicted molar refractivity (Wildman–Crippen MR) is 97.2 cm³/mol. The third-order valence-corrected chi connectivity index (χ3v) is 3.78. The van der Waals surface area contributed by atoms with Crippen LogP contribution in [-0.4, -0.2) is 31.5 Å². The van der Waals surface area contributed by atoms with Crippen LogP contribution in [0.3, 0.4) is 0 Å². The van der Waals surface area contributed by atoms with Crippen LogP contribution in [0.15, 0.2) is 54.6 Å². The average molecular weight is 358 g/mol. The number of hydrogen-bond donors (Lipinski definition) is 2. The quantitative estimate of drug-likeness (QED) is 0.678. The van der Waals surface area contributed by atoms with Gasteiger partial charge in [0.15, 0.2) is 0 Å². The molecule has 0 aliphatic rings. The normalized spacial score (nSPS) is 11.6. The van der Waals surface area contributed by atoms with Gasteiger partial charge in [-0.15, -0.1) is 0 Å². The Balaban J connectivity index is 1.58. The van der Waals surface area contributed by atoms with Crippen molar-refractivity contribution in [1.82, 2.24) is 10.6 Å². The Hall–Kier alpha value is -2.73. The number of nitrogens with one attached hydrogen (secondary N) is 2. The van der Waals surface area contributed by atoms with Crippen molar-refractivity contribution in [3.8, 4) is 0 Å². The van der Waals surface area contributed by atoms with E-state index in [-0.39, 0.29) is 24.1 Å². The van der Waals surface area contributed by atoms with Crippen LogP contribution in [0.5, 0.6) is 0 Å². The molecule has 2 N–H and O–H groups in total. The minimum Gasteiger partial charge on any atom is -0.374 e. The molecule has 0 aliphatic heterocycles. The summed E-state index contributed by atoms with van der Waals surface area (Å²) >= 11 is 0. The highest BCUT2D eigenvalue weighted by molar-refractivity contribution is 5.96. The largest absolute Gasteiger partial charge is 0.374 e. The van der Waals surface area contributed by atoms with Gasteiger partial charge in [-0.05, 0) is 37.1 Å². The van der Waals surface area contributed by atoms with Crippen LogP contribution < -0.4 is 10.6 Å². The van der Waals surface area contributed by atoms with Crippen LogP contribution >= 0.6 is 0 Å². The summed E-state index contributed by atoms with van der Waals surface area (Å²) in [6.07, 6.45) is 0.665. The van der Waals surface area contributed by atoms with Crippen LogP contribution in [0, 0.1) is 5.82 Å². The van der Waals surface area contributed by atoms with Gasteiger partial charge < -0.3 is 15.4 Å². The highest BCUT2D eigenvalue weighted by Gasteiger charge is 2.09. The Morgan fingerprint density at radius 3 is 2.58 bits per heavy atom. The molecule has 0 radical (unpaired) electrons. The maximum absolute atomic E-state index is 13.1. The summed E-state index contributed by atoms with van der Waals surface area (Å²) in [6, 6.07) is 15.2. The van der Waals surface area contributed by atoms with Gasteiger partial charge in [0.1, 0.15) is 5.82 Å². The smallest absolute Gasteiger partial charge is 0.251 e. The maximum atomic E-state index is 13.1. The molecule has 2 aromatic carbocycles. The van der Waals surface area contributed by atoms with Crippen LogP contribution in [0.4, 0.5) is 4.39 Å². The maximum Gasteiger partial charge on any atom is 0.251 e. The van der Waals surface area contributed by atoms with Crippen LogP contribution in [0.25, 0.3) is 0 Å². The molecule has 26 heavy (non-hydrogen) atoms. The second-order valence-electron chi connectivity index (χ2n) is 5.82. The first-order chi connectivity index (χ1) is 12.6. The molecule has 2 rings (SSSR count). The molecule has 0 aliphatic carbocycles. The van der Waals surface area contributed by atoms with Gasteiger partial charge in [-0.2, -0.15) is 0 Å². The van der Waals surface area contributed by atoms with Gasteiger partial charge in [0.2, 0.25) is 5.91 Å². The number of rotatable bonds is 9. The Labute approximate surface area is 152 Å². The average Bonchev–Trinajstić information content (AvgIpc) is 2.66. The highest BCUT2D eigenvalue weighted by atomic mass is 19.1. The lowest BCUT2D eigenvalue weighted by atomic mass is 10.1. The minimum atomic E-state index is -0.494. The van der Waals surface area contributed by atoms with Crippen molar-refractivity contribution in [2.24, 2.45) is 0 Å². The number of ether oxygens (including phenoxy) is 1. The molecule has 0 saturated heterocycles. The van der Waals surface area contributed by atoms with E-state index in [1.165, 1.54) is 18.2 Å². The van der Waals surface area contributed by atoms with Gasteiger partial charge >= 0.3 is 0 Å². The van der Waals surface area contributed by atoms with E-state index in [1.807, 2.05) is 37.3 Å². The second-order valence-corrected chi connectivity index (χ2v) is 5.82. The Kier molecular flexibility index (Phi) is 7.76. The summed E-state index contributed by atoms with van der Waals surface area (Å²) < 4.78 is 18.8. The first kappa shape index (κ1) is 19.6. The minimum absolute atomic E-state index is 0.00235. The van der Waals surface area contributed by atoms with Crippen LogP contribution in [0.1, 0.15) is 35.4 Å². The molecule has 0 bridgehead atoms. The fraction of sp³-hybridized carbons (Fsp3) is 0.300. The summed E-state index contributed by atoms with van der Waals surface area (Å²) in [5.41, 5.74) is 1.29. The number of benzene rings is 2. The van der Waals surface area contributed by atoms with Gasteiger partial charge in [-0.3, -0.25) is 9.59 Å². The molecule has 1 unspecified atom stereocenters. The van der Waals surface area contributed by atoms with Crippen molar-refractivity contribution in [1.29, 1.82) is 0 Å².